The number of nitrogen functional groups attached to an aromatic ring is 1. The Balaban J connectivity index is 1.30. The number of nitrogens with two attached hydrogens (primary N) is 2. The van der Waals surface area contributed by atoms with Gasteiger partial charge < -0.3 is 20.9 Å². The highest BCUT2D eigenvalue weighted by Crippen LogP contribution is 2.43. The van der Waals surface area contributed by atoms with Crippen LogP contribution in [0.15, 0.2) is 54.3 Å². The minimum absolute atomic E-state index is 0.453. The Labute approximate surface area is 213 Å². The van der Waals surface area contributed by atoms with E-state index in [1.807, 2.05) is 0 Å². The predicted molar refractivity (Wildman–Crippen MR) is 147 cm³/mol. The molecule has 0 amide bonds. The topological polar surface area (TPSA) is 98.9 Å². The average molecular weight is 496 g/mol. The van der Waals surface area contributed by atoms with Gasteiger partial charge in [0.2, 0.25) is 0 Å². The van der Waals surface area contributed by atoms with Crippen molar-refractivity contribution in [2.24, 2.45) is 11.7 Å². The third kappa shape index (κ3) is 3.59. The molecule has 1 aromatic carbocycles. The standard InChI is InChI=1S/C28H29N7S/c29-13-19-12-24(25-3-1-8-36-25)33-23-11-18(4-5-21(19)23)22-15-35(28-26(22)27(30)31-16-32-28)20-9-17(10-20)14-34-6-2-7-34/h1,3-5,8,11-12,15-17,20H,2,6-7,9-10,13-14,29H2,(H2,30,31,32). The van der Waals surface area contributed by atoms with Gasteiger partial charge in [-0.05, 0) is 73.0 Å². The number of aromatic nitrogens is 4. The number of thiophene rings is 1. The Hall–Kier alpha value is -3.33. The SMILES string of the molecule is NCc1cc(-c2cccs2)nc2cc(-c3cn(C4CC(CN5CCC5)C4)c4ncnc(N)c34)ccc12. The molecule has 0 radical (unpaired) electrons. The Morgan fingerprint density at radius 2 is 1.97 bits per heavy atom. The van der Waals surface area contributed by atoms with Gasteiger partial charge in [0.1, 0.15) is 17.8 Å². The normalized spacial score (nSPS) is 20.0. The van der Waals surface area contributed by atoms with E-state index < -0.39 is 0 Å². The molecular weight excluding hydrogens is 466 g/mol. The summed E-state index contributed by atoms with van der Waals surface area (Å²) in [6, 6.07) is 13.2. The van der Waals surface area contributed by atoms with Gasteiger partial charge in [0, 0.05) is 36.3 Å². The minimum Gasteiger partial charge on any atom is -0.383 e. The van der Waals surface area contributed by atoms with Gasteiger partial charge in [-0.25, -0.2) is 15.0 Å². The third-order valence-corrected chi connectivity index (χ3v) is 8.80. The fraction of sp³-hybridized carbons (Fsp3) is 0.321. The molecular formula is C28H29N7S. The van der Waals surface area contributed by atoms with Crippen LogP contribution in [0.4, 0.5) is 5.82 Å². The van der Waals surface area contributed by atoms with Gasteiger partial charge in [0.05, 0.1) is 21.5 Å². The van der Waals surface area contributed by atoms with Crippen LogP contribution >= 0.6 is 11.3 Å². The van der Waals surface area contributed by atoms with Gasteiger partial charge in [-0.1, -0.05) is 18.2 Å². The van der Waals surface area contributed by atoms with E-state index in [-0.39, 0.29) is 0 Å². The molecule has 5 aromatic rings. The van der Waals surface area contributed by atoms with E-state index in [0.717, 1.165) is 55.1 Å². The van der Waals surface area contributed by atoms with Crippen molar-refractivity contribution in [2.75, 3.05) is 25.4 Å². The minimum atomic E-state index is 0.453. The van der Waals surface area contributed by atoms with E-state index in [1.165, 1.54) is 38.9 Å². The van der Waals surface area contributed by atoms with Crippen molar-refractivity contribution in [3.05, 3.63) is 59.9 Å². The highest BCUT2D eigenvalue weighted by atomic mass is 32.1. The van der Waals surface area contributed by atoms with Crippen molar-refractivity contribution in [1.29, 1.82) is 0 Å². The number of hydrogen-bond donors (Lipinski definition) is 2. The summed E-state index contributed by atoms with van der Waals surface area (Å²) in [6.07, 6.45) is 7.53. The molecule has 2 fully saturated rings. The van der Waals surface area contributed by atoms with Crippen molar-refractivity contribution < 1.29 is 0 Å². The molecule has 1 saturated carbocycles. The van der Waals surface area contributed by atoms with Gasteiger partial charge in [-0.15, -0.1) is 11.3 Å². The number of likely N-dealkylation sites (tertiary alicyclic amines) is 1. The molecule has 4 aromatic heterocycles. The Morgan fingerprint density at radius 1 is 1.08 bits per heavy atom. The lowest BCUT2D eigenvalue weighted by Gasteiger charge is -2.42. The predicted octanol–water partition coefficient (Wildman–Crippen LogP) is 5.07. The summed E-state index contributed by atoms with van der Waals surface area (Å²) in [5.74, 6) is 1.29. The lowest BCUT2D eigenvalue weighted by atomic mass is 9.79. The fourth-order valence-corrected chi connectivity index (χ4v) is 6.49. The summed E-state index contributed by atoms with van der Waals surface area (Å²) >= 11 is 1.69. The van der Waals surface area contributed by atoms with E-state index in [0.29, 0.717) is 18.4 Å². The van der Waals surface area contributed by atoms with Crippen molar-refractivity contribution in [3.8, 4) is 21.7 Å². The van der Waals surface area contributed by atoms with Crippen LogP contribution in [0.1, 0.15) is 30.9 Å². The smallest absolute Gasteiger partial charge is 0.146 e. The first-order valence-corrected chi connectivity index (χ1v) is 13.6. The molecule has 1 saturated heterocycles. The zero-order chi connectivity index (χ0) is 24.2. The van der Waals surface area contributed by atoms with E-state index in [9.17, 15) is 0 Å². The summed E-state index contributed by atoms with van der Waals surface area (Å²) in [7, 11) is 0. The number of nitrogens with zero attached hydrogens (tertiary/aromatic N) is 5. The zero-order valence-electron chi connectivity index (χ0n) is 20.1. The summed E-state index contributed by atoms with van der Waals surface area (Å²) < 4.78 is 2.33. The number of hydrogen-bond acceptors (Lipinski definition) is 7. The van der Waals surface area contributed by atoms with Crippen molar-refractivity contribution >= 4 is 39.1 Å². The number of anilines is 1. The zero-order valence-corrected chi connectivity index (χ0v) is 20.9. The number of rotatable bonds is 6. The van der Waals surface area contributed by atoms with E-state index in [1.54, 1.807) is 17.7 Å². The molecule has 182 valence electrons. The lowest BCUT2D eigenvalue weighted by Crippen LogP contribution is -2.43. The molecule has 0 atom stereocenters. The monoisotopic (exact) mass is 495 g/mol. The summed E-state index contributed by atoms with van der Waals surface area (Å²) in [4.78, 5) is 17.7. The maximum atomic E-state index is 6.43. The maximum Gasteiger partial charge on any atom is 0.146 e. The molecule has 4 N–H and O–H groups in total. The molecule has 1 aliphatic heterocycles. The number of fused-ring (bicyclic) bond motifs is 2. The van der Waals surface area contributed by atoms with Crippen molar-refractivity contribution in [2.45, 2.75) is 31.8 Å². The summed E-state index contributed by atoms with van der Waals surface area (Å²) in [5.41, 5.74) is 18.6. The molecule has 1 aliphatic carbocycles. The van der Waals surface area contributed by atoms with E-state index >= 15 is 0 Å². The van der Waals surface area contributed by atoms with Crippen LogP contribution in [-0.2, 0) is 6.54 Å². The lowest BCUT2D eigenvalue weighted by molar-refractivity contribution is 0.0921. The molecule has 7 nitrogen and oxygen atoms in total. The molecule has 0 spiro atoms. The molecule has 0 bridgehead atoms. The second-order valence-electron chi connectivity index (χ2n) is 10.1. The van der Waals surface area contributed by atoms with Gasteiger partial charge in [0.25, 0.3) is 0 Å². The van der Waals surface area contributed by atoms with Crippen molar-refractivity contribution in [1.82, 2.24) is 24.4 Å². The van der Waals surface area contributed by atoms with Gasteiger partial charge in [-0.2, -0.15) is 0 Å². The Morgan fingerprint density at radius 3 is 2.72 bits per heavy atom. The van der Waals surface area contributed by atoms with Crippen LogP contribution in [0, 0.1) is 5.92 Å². The quantitative estimate of drug-likeness (QED) is 0.341. The van der Waals surface area contributed by atoms with Gasteiger partial charge >= 0.3 is 0 Å². The maximum absolute atomic E-state index is 6.43. The molecule has 36 heavy (non-hydrogen) atoms. The van der Waals surface area contributed by atoms with Crippen LogP contribution in [0.2, 0.25) is 0 Å². The third-order valence-electron chi connectivity index (χ3n) is 7.91. The molecule has 8 heteroatoms. The molecule has 7 rings (SSSR count). The number of benzene rings is 1. The second kappa shape index (κ2) is 8.65. The first-order valence-electron chi connectivity index (χ1n) is 12.7. The first-order chi connectivity index (χ1) is 17.7. The van der Waals surface area contributed by atoms with Gasteiger partial charge in [-0.3, -0.25) is 0 Å². The highest BCUT2D eigenvalue weighted by Gasteiger charge is 2.34. The average Bonchev–Trinajstić information content (AvgIpc) is 3.50. The molecule has 5 heterocycles. The van der Waals surface area contributed by atoms with Crippen LogP contribution < -0.4 is 11.5 Å². The molecule has 0 unspecified atom stereocenters. The molecule has 2 aliphatic rings. The number of pyridine rings is 1. The highest BCUT2D eigenvalue weighted by molar-refractivity contribution is 7.13. The first kappa shape index (κ1) is 21.9. The summed E-state index contributed by atoms with van der Waals surface area (Å²) in [5, 5.41) is 4.09. The van der Waals surface area contributed by atoms with Crippen molar-refractivity contribution in [3.63, 3.8) is 0 Å². The van der Waals surface area contributed by atoms with Crippen LogP contribution in [-0.4, -0.2) is 44.1 Å². The van der Waals surface area contributed by atoms with Crippen LogP contribution in [0.3, 0.4) is 0 Å². The Kier molecular flexibility index (Phi) is 5.27. The Bertz CT molecular complexity index is 1560. The van der Waals surface area contributed by atoms with Gasteiger partial charge in [0.15, 0.2) is 0 Å². The van der Waals surface area contributed by atoms with E-state index in [4.69, 9.17) is 16.5 Å². The largest absolute Gasteiger partial charge is 0.383 e. The van der Waals surface area contributed by atoms with Crippen LogP contribution in [0.5, 0.6) is 0 Å². The second-order valence-corrected chi connectivity index (χ2v) is 11.1. The summed E-state index contributed by atoms with van der Waals surface area (Å²) in [6.45, 7) is 4.22. The van der Waals surface area contributed by atoms with E-state index in [2.05, 4.69) is 67.4 Å². The fourth-order valence-electron chi connectivity index (χ4n) is 5.80. The van der Waals surface area contributed by atoms with Crippen LogP contribution in [0.25, 0.3) is 43.6 Å².